The summed E-state index contributed by atoms with van der Waals surface area (Å²) in [7, 11) is 0. The summed E-state index contributed by atoms with van der Waals surface area (Å²) in [6.07, 6.45) is 7.28. The van der Waals surface area contributed by atoms with Gasteiger partial charge in [-0.2, -0.15) is 0 Å². The molecular weight excluding hydrogens is 310 g/mol. The van der Waals surface area contributed by atoms with Crippen LogP contribution in [0.5, 0.6) is 0 Å². The summed E-state index contributed by atoms with van der Waals surface area (Å²) in [6.45, 7) is 2.49. The Morgan fingerprint density at radius 2 is 2.00 bits per heavy atom. The molecule has 1 aromatic heterocycles. The van der Waals surface area contributed by atoms with Crippen LogP contribution in [0.1, 0.15) is 65.5 Å². The minimum absolute atomic E-state index is 0.0978. The molecule has 4 rings (SSSR count). The molecular formula is C21H25N3O. The molecule has 0 fully saturated rings. The maximum absolute atomic E-state index is 12.4. The van der Waals surface area contributed by atoms with Crippen molar-refractivity contribution in [2.24, 2.45) is 0 Å². The molecule has 2 aromatic rings. The molecule has 130 valence electrons. The number of hydrogen-bond donors (Lipinski definition) is 1. The van der Waals surface area contributed by atoms with Crippen molar-refractivity contribution >= 4 is 5.91 Å². The van der Waals surface area contributed by atoms with Gasteiger partial charge in [0.15, 0.2) is 0 Å². The SMILES string of the molecule is Cc1nc(CNC(=O)C[C@@H]2CCc3ccccc32)nc2c1CCCC2. The van der Waals surface area contributed by atoms with Gasteiger partial charge in [0.25, 0.3) is 0 Å². The first-order valence-electron chi connectivity index (χ1n) is 9.40. The normalized spacial score (nSPS) is 18.5. The highest BCUT2D eigenvalue weighted by atomic mass is 16.1. The number of nitrogens with one attached hydrogen (secondary N) is 1. The highest BCUT2D eigenvalue weighted by molar-refractivity contribution is 5.77. The lowest BCUT2D eigenvalue weighted by Gasteiger charge is -2.18. The van der Waals surface area contributed by atoms with E-state index in [4.69, 9.17) is 0 Å². The fraction of sp³-hybridized carbons (Fsp3) is 0.476. The Morgan fingerprint density at radius 1 is 1.16 bits per heavy atom. The average molecular weight is 335 g/mol. The van der Waals surface area contributed by atoms with Gasteiger partial charge >= 0.3 is 0 Å². The van der Waals surface area contributed by atoms with E-state index in [1.807, 2.05) is 0 Å². The quantitative estimate of drug-likeness (QED) is 0.932. The third kappa shape index (κ3) is 3.44. The van der Waals surface area contributed by atoms with E-state index < -0.39 is 0 Å². The number of rotatable bonds is 4. The van der Waals surface area contributed by atoms with Crippen LogP contribution in [0.25, 0.3) is 0 Å². The number of aromatic nitrogens is 2. The molecule has 0 saturated carbocycles. The number of hydrogen-bond acceptors (Lipinski definition) is 3. The van der Waals surface area contributed by atoms with Gasteiger partial charge in [-0.15, -0.1) is 0 Å². The number of fused-ring (bicyclic) bond motifs is 2. The minimum Gasteiger partial charge on any atom is -0.349 e. The molecule has 0 spiro atoms. The fourth-order valence-electron chi connectivity index (χ4n) is 4.25. The van der Waals surface area contributed by atoms with Crippen LogP contribution in [0, 0.1) is 6.92 Å². The van der Waals surface area contributed by atoms with E-state index in [0.717, 1.165) is 37.2 Å². The lowest BCUT2D eigenvalue weighted by Crippen LogP contribution is -2.26. The number of carbonyl (C=O) groups excluding carboxylic acids is 1. The van der Waals surface area contributed by atoms with Gasteiger partial charge in [0.1, 0.15) is 5.82 Å². The molecule has 0 radical (unpaired) electrons. The van der Waals surface area contributed by atoms with E-state index in [1.165, 1.54) is 35.2 Å². The highest BCUT2D eigenvalue weighted by Crippen LogP contribution is 2.35. The molecule has 4 nitrogen and oxygen atoms in total. The predicted molar refractivity (Wildman–Crippen MR) is 97.4 cm³/mol. The Kier molecular flexibility index (Phi) is 4.51. The van der Waals surface area contributed by atoms with E-state index in [0.29, 0.717) is 18.9 Å². The van der Waals surface area contributed by atoms with Crippen LogP contribution in [-0.2, 0) is 30.6 Å². The van der Waals surface area contributed by atoms with Crippen LogP contribution in [-0.4, -0.2) is 15.9 Å². The summed E-state index contributed by atoms with van der Waals surface area (Å²) >= 11 is 0. The molecule has 2 aliphatic rings. The second-order valence-corrected chi connectivity index (χ2v) is 7.27. The van der Waals surface area contributed by atoms with Crippen LogP contribution in [0.15, 0.2) is 24.3 Å². The zero-order chi connectivity index (χ0) is 17.2. The fourth-order valence-corrected chi connectivity index (χ4v) is 4.25. The molecule has 0 unspecified atom stereocenters. The van der Waals surface area contributed by atoms with E-state index in [1.54, 1.807) is 0 Å². The Labute approximate surface area is 149 Å². The van der Waals surface area contributed by atoms with Crippen molar-refractivity contribution in [3.8, 4) is 0 Å². The van der Waals surface area contributed by atoms with Crippen LogP contribution >= 0.6 is 0 Å². The van der Waals surface area contributed by atoms with Gasteiger partial charge in [-0.05, 0) is 68.1 Å². The van der Waals surface area contributed by atoms with Gasteiger partial charge in [0.05, 0.1) is 6.54 Å². The van der Waals surface area contributed by atoms with Crippen molar-refractivity contribution in [1.29, 1.82) is 0 Å². The van der Waals surface area contributed by atoms with Gasteiger partial charge in [-0.25, -0.2) is 9.97 Å². The van der Waals surface area contributed by atoms with E-state index in [2.05, 4.69) is 46.5 Å². The maximum atomic E-state index is 12.4. The third-order valence-electron chi connectivity index (χ3n) is 5.57. The molecule has 1 atom stereocenters. The van der Waals surface area contributed by atoms with E-state index in [-0.39, 0.29) is 5.91 Å². The second-order valence-electron chi connectivity index (χ2n) is 7.27. The zero-order valence-electron chi connectivity index (χ0n) is 14.8. The molecule has 1 heterocycles. The number of nitrogens with zero attached hydrogens (tertiary/aromatic N) is 2. The standard InChI is InChI=1S/C21H25N3O/c1-14-17-7-4-5-9-19(17)24-20(23-14)13-22-21(25)12-16-11-10-15-6-2-3-8-18(15)16/h2-3,6,8,16H,4-5,7,9-13H2,1H3,(H,22,25)/t16-/m0/s1. The monoisotopic (exact) mass is 335 g/mol. The molecule has 1 N–H and O–H groups in total. The average Bonchev–Trinajstić information content (AvgIpc) is 3.03. The zero-order valence-corrected chi connectivity index (χ0v) is 14.8. The molecule has 0 saturated heterocycles. The van der Waals surface area contributed by atoms with Gasteiger partial charge in [-0.1, -0.05) is 24.3 Å². The summed E-state index contributed by atoms with van der Waals surface area (Å²) in [5, 5.41) is 3.03. The van der Waals surface area contributed by atoms with Crippen molar-refractivity contribution < 1.29 is 4.79 Å². The molecule has 25 heavy (non-hydrogen) atoms. The number of amides is 1. The van der Waals surface area contributed by atoms with Crippen molar-refractivity contribution in [3.63, 3.8) is 0 Å². The van der Waals surface area contributed by atoms with Crippen molar-refractivity contribution in [3.05, 3.63) is 58.2 Å². The first-order chi connectivity index (χ1) is 12.2. The smallest absolute Gasteiger partial charge is 0.220 e. The highest BCUT2D eigenvalue weighted by Gasteiger charge is 2.24. The molecule has 2 aliphatic carbocycles. The summed E-state index contributed by atoms with van der Waals surface area (Å²) in [4.78, 5) is 21.7. The van der Waals surface area contributed by atoms with Crippen molar-refractivity contribution in [2.75, 3.05) is 0 Å². The number of carbonyl (C=O) groups is 1. The Hall–Kier alpha value is -2.23. The van der Waals surface area contributed by atoms with Gasteiger partial charge < -0.3 is 5.32 Å². The first-order valence-corrected chi connectivity index (χ1v) is 9.40. The van der Waals surface area contributed by atoms with Gasteiger partial charge in [0.2, 0.25) is 5.91 Å². The predicted octanol–water partition coefficient (Wildman–Crippen LogP) is 3.40. The second kappa shape index (κ2) is 6.95. The maximum Gasteiger partial charge on any atom is 0.220 e. The lowest BCUT2D eigenvalue weighted by atomic mass is 9.95. The van der Waals surface area contributed by atoms with Crippen LogP contribution < -0.4 is 5.32 Å². The molecule has 1 aromatic carbocycles. The van der Waals surface area contributed by atoms with Crippen LogP contribution in [0.4, 0.5) is 0 Å². The molecule has 4 heteroatoms. The first kappa shape index (κ1) is 16.2. The molecule has 1 amide bonds. The molecule has 0 bridgehead atoms. The van der Waals surface area contributed by atoms with Gasteiger partial charge in [0, 0.05) is 17.8 Å². The van der Waals surface area contributed by atoms with Crippen molar-refractivity contribution in [1.82, 2.24) is 15.3 Å². The van der Waals surface area contributed by atoms with Crippen molar-refractivity contribution in [2.45, 2.75) is 64.3 Å². The number of benzene rings is 1. The van der Waals surface area contributed by atoms with E-state index in [9.17, 15) is 4.79 Å². The lowest BCUT2D eigenvalue weighted by molar-refractivity contribution is -0.121. The summed E-state index contributed by atoms with van der Waals surface area (Å²) in [5.41, 5.74) is 6.34. The van der Waals surface area contributed by atoms with Crippen LogP contribution in [0.3, 0.4) is 0 Å². The molecule has 0 aliphatic heterocycles. The topological polar surface area (TPSA) is 54.9 Å². The Bertz CT molecular complexity index is 800. The number of aryl methyl sites for hydroxylation is 3. The minimum atomic E-state index is 0.0978. The summed E-state index contributed by atoms with van der Waals surface area (Å²) in [5.74, 6) is 1.20. The third-order valence-corrected chi connectivity index (χ3v) is 5.57. The Morgan fingerprint density at radius 3 is 2.92 bits per heavy atom. The van der Waals surface area contributed by atoms with Crippen LogP contribution in [0.2, 0.25) is 0 Å². The van der Waals surface area contributed by atoms with Gasteiger partial charge in [-0.3, -0.25) is 4.79 Å². The largest absolute Gasteiger partial charge is 0.349 e. The Balaban J connectivity index is 1.37. The summed E-state index contributed by atoms with van der Waals surface area (Å²) < 4.78 is 0. The van der Waals surface area contributed by atoms with E-state index >= 15 is 0 Å². The summed E-state index contributed by atoms with van der Waals surface area (Å²) in [6, 6.07) is 8.49.